The minimum atomic E-state index is -1.46. The van der Waals surface area contributed by atoms with E-state index in [0.29, 0.717) is 0 Å². The van der Waals surface area contributed by atoms with Crippen molar-refractivity contribution in [3.05, 3.63) is 41.5 Å². The van der Waals surface area contributed by atoms with Gasteiger partial charge >= 0.3 is 5.97 Å². The molecule has 0 spiro atoms. The van der Waals surface area contributed by atoms with Gasteiger partial charge in [-0.3, -0.25) is 9.59 Å². The zero-order chi connectivity index (χ0) is 15.2. The summed E-state index contributed by atoms with van der Waals surface area (Å²) in [6, 6.07) is 7.66. The van der Waals surface area contributed by atoms with E-state index in [-0.39, 0.29) is 12.5 Å². The first-order valence-electron chi connectivity index (χ1n) is 6.25. The van der Waals surface area contributed by atoms with Crippen LogP contribution in [0, 0.1) is 6.92 Å². The predicted octanol–water partition coefficient (Wildman–Crippen LogP) is 1.35. The van der Waals surface area contributed by atoms with E-state index in [4.69, 9.17) is 5.11 Å². The molecule has 5 heteroatoms. The van der Waals surface area contributed by atoms with Crippen LogP contribution >= 0.6 is 0 Å². The Bertz CT molecular complexity index is 503. The third-order valence-corrected chi connectivity index (χ3v) is 2.68. The first-order chi connectivity index (χ1) is 9.28. The normalized spacial score (nSPS) is 13.9. The van der Waals surface area contributed by atoms with Crippen molar-refractivity contribution in [3.63, 3.8) is 0 Å². The van der Waals surface area contributed by atoms with Crippen LogP contribution in [-0.2, 0) is 9.59 Å². The van der Waals surface area contributed by atoms with Gasteiger partial charge in [-0.2, -0.15) is 0 Å². The Morgan fingerprint density at radius 3 is 2.45 bits per heavy atom. The second-order valence-electron chi connectivity index (χ2n) is 5.03. The third kappa shape index (κ3) is 6.15. The molecule has 3 N–H and O–H groups in total. The molecule has 0 saturated heterocycles. The van der Waals surface area contributed by atoms with Crippen LogP contribution in [0.25, 0.3) is 6.08 Å². The van der Waals surface area contributed by atoms with Crippen molar-refractivity contribution in [2.75, 3.05) is 6.54 Å². The molecule has 0 heterocycles. The second kappa shape index (κ2) is 6.86. The topological polar surface area (TPSA) is 86.6 Å². The summed E-state index contributed by atoms with van der Waals surface area (Å²) in [6.07, 6.45) is 2.58. The largest absolute Gasteiger partial charge is 0.481 e. The molecular formula is C15H19NO4. The lowest BCUT2D eigenvalue weighted by Gasteiger charge is -2.20. The molecule has 0 aliphatic heterocycles. The number of benzene rings is 1. The minimum absolute atomic E-state index is 0.115. The number of rotatable bonds is 6. The molecule has 1 aromatic rings. The number of aryl methyl sites for hydroxylation is 1. The van der Waals surface area contributed by atoms with Gasteiger partial charge in [-0.15, -0.1) is 0 Å². The Hall–Kier alpha value is -2.14. The van der Waals surface area contributed by atoms with Crippen molar-refractivity contribution in [2.45, 2.75) is 25.9 Å². The van der Waals surface area contributed by atoms with E-state index in [1.165, 1.54) is 13.0 Å². The Morgan fingerprint density at radius 1 is 1.30 bits per heavy atom. The Labute approximate surface area is 117 Å². The van der Waals surface area contributed by atoms with E-state index in [1.807, 2.05) is 31.2 Å². The summed E-state index contributed by atoms with van der Waals surface area (Å²) in [5.41, 5.74) is 0.568. The zero-order valence-corrected chi connectivity index (χ0v) is 11.6. The van der Waals surface area contributed by atoms with Gasteiger partial charge < -0.3 is 15.5 Å². The maximum atomic E-state index is 11.6. The summed E-state index contributed by atoms with van der Waals surface area (Å²) in [5, 5.41) is 20.8. The number of hydrogen-bond donors (Lipinski definition) is 3. The van der Waals surface area contributed by atoms with Gasteiger partial charge in [0.05, 0.1) is 12.0 Å². The van der Waals surface area contributed by atoms with Crippen LogP contribution in [0.2, 0.25) is 0 Å². The van der Waals surface area contributed by atoms with Gasteiger partial charge in [-0.25, -0.2) is 0 Å². The molecule has 0 bridgehead atoms. The number of aliphatic carboxylic acids is 1. The summed E-state index contributed by atoms with van der Waals surface area (Å²) in [6.45, 7) is 3.23. The van der Waals surface area contributed by atoms with Crippen LogP contribution in [0.5, 0.6) is 0 Å². The van der Waals surface area contributed by atoms with E-state index in [9.17, 15) is 14.7 Å². The Morgan fingerprint density at radius 2 is 1.90 bits per heavy atom. The molecular weight excluding hydrogens is 258 g/mol. The molecule has 1 atom stereocenters. The average molecular weight is 277 g/mol. The second-order valence-corrected chi connectivity index (χ2v) is 5.03. The van der Waals surface area contributed by atoms with E-state index in [0.717, 1.165) is 11.1 Å². The fourth-order valence-electron chi connectivity index (χ4n) is 1.57. The van der Waals surface area contributed by atoms with Gasteiger partial charge in [0.1, 0.15) is 0 Å². The van der Waals surface area contributed by atoms with Crippen molar-refractivity contribution < 1.29 is 19.8 Å². The van der Waals surface area contributed by atoms with Crippen molar-refractivity contribution in [1.82, 2.24) is 5.32 Å². The monoisotopic (exact) mass is 277 g/mol. The number of hydrogen-bond acceptors (Lipinski definition) is 3. The molecule has 1 rings (SSSR count). The van der Waals surface area contributed by atoms with Crippen LogP contribution in [-0.4, -0.2) is 34.2 Å². The number of amides is 1. The van der Waals surface area contributed by atoms with E-state index in [1.54, 1.807) is 6.08 Å². The predicted molar refractivity (Wildman–Crippen MR) is 76.1 cm³/mol. The van der Waals surface area contributed by atoms with Gasteiger partial charge in [-0.05, 0) is 25.5 Å². The minimum Gasteiger partial charge on any atom is -0.481 e. The van der Waals surface area contributed by atoms with Crippen LogP contribution < -0.4 is 5.32 Å². The quantitative estimate of drug-likeness (QED) is 0.685. The van der Waals surface area contributed by atoms with E-state index in [2.05, 4.69) is 5.32 Å². The molecule has 1 amide bonds. The first kappa shape index (κ1) is 15.9. The number of carboxylic acid groups (broad SMARTS) is 1. The molecule has 0 fully saturated rings. The number of carbonyl (C=O) groups is 2. The number of nitrogens with one attached hydrogen (secondary N) is 1. The first-order valence-corrected chi connectivity index (χ1v) is 6.25. The van der Waals surface area contributed by atoms with Gasteiger partial charge in [-0.1, -0.05) is 29.8 Å². The highest BCUT2D eigenvalue weighted by molar-refractivity contribution is 5.91. The van der Waals surface area contributed by atoms with E-state index < -0.39 is 18.0 Å². The van der Waals surface area contributed by atoms with Crippen molar-refractivity contribution in [3.8, 4) is 0 Å². The lowest BCUT2D eigenvalue weighted by Crippen LogP contribution is -2.41. The van der Waals surface area contributed by atoms with Crippen LogP contribution in [0.15, 0.2) is 30.3 Å². The molecule has 0 aromatic heterocycles. The maximum absolute atomic E-state index is 11.6. The van der Waals surface area contributed by atoms with Crippen molar-refractivity contribution in [2.24, 2.45) is 0 Å². The number of aliphatic hydroxyl groups is 1. The highest BCUT2D eigenvalue weighted by Gasteiger charge is 2.24. The third-order valence-electron chi connectivity index (χ3n) is 2.68. The highest BCUT2D eigenvalue weighted by atomic mass is 16.4. The summed E-state index contributed by atoms with van der Waals surface area (Å²) < 4.78 is 0. The molecule has 0 radical (unpaired) electrons. The van der Waals surface area contributed by atoms with Gasteiger partial charge in [0.25, 0.3) is 0 Å². The lowest BCUT2D eigenvalue weighted by molar-refractivity contribution is -0.142. The SMILES string of the molecule is Cc1ccc(C=CC(=O)NCC(C)(O)CC(=O)O)cc1. The summed E-state index contributed by atoms with van der Waals surface area (Å²) in [5.74, 6) is -1.49. The standard InChI is InChI=1S/C15H19NO4/c1-11-3-5-12(6-4-11)7-8-13(17)16-10-15(2,20)9-14(18)19/h3-8,20H,9-10H2,1-2H3,(H,16,17)(H,18,19). The molecule has 1 unspecified atom stereocenters. The fraction of sp³-hybridized carbons (Fsp3) is 0.333. The van der Waals surface area contributed by atoms with Gasteiger partial charge in [0.15, 0.2) is 0 Å². The Balaban J connectivity index is 2.47. The van der Waals surface area contributed by atoms with Crippen molar-refractivity contribution >= 4 is 18.0 Å². The highest BCUT2D eigenvalue weighted by Crippen LogP contribution is 2.08. The number of carbonyl (C=O) groups excluding carboxylic acids is 1. The summed E-state index contributed by atoms with van der Waals surface area (Å²) >= 11 is 0. The average Bonchev–Trinajstić information content (AvgIpc) is 2.34. The van der Waals surface area contributed by atoms with Crippen molar-refractivity contribution in [1.29, 1.82) is 0 Å². The lowest BCUT2D eigenvalue weighted by atomic mass is 10.0. The fourth-order valence-corrected chi connectivity index (χ4v) is 1.57. The molecule has 0 saturated carbocycles. The van der Waals surface area contributed by atoms with E-state index >= 15 is 0 Å². The number of carboxylic acids is 1. The summed E-state index contributed by atoms with van der Waals surface area (Å²) in [4.78, 5) is 22.1. The smallest absolute Gasteiger partial charge is 0.306 e. The molecule has 108 valence electrons. The van der Waals surface area contributed by atoms with Crippen LogP contribution in [0.4, 0.5) is 0 Å². The molecule has 0 aliphatic carbocycles. The molecule has 0 aliphatic rings. The molecule has 5 nitrogen and oxygen atoms in total. The van der Waals surface area contributed by atoms with Crippen LogP contribution in [0.1, 0.15) is 24.5 Å². The summed E-state index contributed by atoms with van der Waals surface area (Å²) in [7, 11) is 0. The zero-order valence-electron chi connectivity index (χ0n) is 11.6. The Kier molecular flexibility index (Phi) is 5.46. The maximum Gasteiger partial charge on any atom is 0.306 e. The van der Waals surface area contributed by atoms with Gasteiger partial charge in [0, 0.05) is 12.6 Å². The van der Waals surface area contributed by atoms with Gasteiger partial charge in [0.2, 0.25) is 5.91 Å². The molecule has 1 aromatic carbocycles. The molecule has 20 heavy (non-hydrogen) atoms. The van der Waals surface area contributed by atoms with Crippen LogP contribution in [0.3, 0.4) is 0 Å².